The molecule has 0 aromatic heterocycles. The monoisotopic (exact) mass is 494 g/mol. The van der Waals surface area contributed by atoms with E-state index in [-0.39, 0.29) is 11.3 Å². The van der Waals surface area contributed by atoms with Crippen molar-refractivity contribution in [1.82, 2.24) is 0 Å². The van der Waals surface area contributed by atoms with Gasteiger partial charge >= 0.3 is 0 Å². The topological polar surface area (TPSA) is 60.9 Å². The number of aliphatic hydroxyl groups is 1. The van der Waals surface area contributed by atoms with E-state index in [1.165, 1.54) is 17.5 Å². The number of carbonyl (C=O) groups is 2. The van der Waals surface area contributed by atoms with E-state index in [0.29, 0.717) is 11.3 Å². The summed E-state index contributed by atoms with van der Waals surface area (Å²) in [7, 11) is 0. The van der Waals surface area contributed by atoms with Gasteiger partial charge in [-0.15, -0.1) is 0 Å². The summed E-state index contributed by atoms with van der Waals surface area (Å²) < 4.78 is 0. The molecular formula is C32H34N2O3. The van der Waals surface area contributed by atoms with Crippen LogP contribution in [0.3, 0.4) is 0 Å². The fraction of sp³-hybridized carbons (Fsp3) is 0.312. The zero-order chi connectivity index (χ0) is 26.1. The molecular weight excluding hydrogens is 460 g/mol. The van der Waals surface area contributed by atoms with E-state index >= 15 is 0 Å². The van der Waals surface area contributed by atoms with Crippen LogP contribution in [0, 0.1) is 6.92 Å². The Bertz CT molecular complexity index is 1370. The van der Waals surface area contributed by atoms with Crippen LogP contribution < -0.4 is 9.80 Å². The van der Waals surface area contributed by atoms with Crippen LogP contribution in [-0.4, -0.2) is 29.9 Å². The molecule has 1 N–H and O–H groups in total. The van der Waals surface area contributed by atoms with Gasteiger partial charge in [0.15, 0.2) is 0 Å². The molecule has 5 rings (SSSR count). The molecule has 1 aliphatic carbocycles. The Hall–Kier alpha value is -3.86. The number of benzene rings is 3. The summed E-state index contributed by atoms with van der Waals surface area (Å²) in [6.07, 6.45) is 4.29. The average Bonchev–Trinajstić information content (AvgIpc) is 3.19. The zero-order valence-electron chi connectivity index (χ0n) is 21.8. The molecule has 2 aliphatic rings. The van der Waals surface area contributed by atoms with Crippen molar-refractivity contribution in [3.8, 4) is 0 Å². The number of fused-ring (bicyclic) bond motifs is 1. The Morgan fingerprint density at radius 3 is 2.27 bits per heavy atom. The van der Waals surface area contributed by atoms with Crippen LogP contribution >= 0.6 is 0 Å². The highest BCUT2D eigenvalue weighted by molar-refractivity contribution is 6.51. The Morgan fingerprint density at radius 2 is 1.59 bits per heavy atom. The summed E-state index contributed by atoms with van der Waals surface area (Å²) in [5, 5.41) is 11.6. The zero-order valence-corrected chi connectivity index (χ0v) is 21.8. The largest absolute Gasteiger partial charge is 0.507 e. The molecule has 5 nitrogen and oxygen atoms in total. The fourth-order valence-electron chi connectivity index (χ4n) is 5.74. The van der Waals surface area contributed by atoms with Crippen LogP contribution in [0.25, 0.3) is 5.76 Å². The number of ketones is 1. The molecule has 1 fully saturated rings. The van der Waals surface area contributed by atoms with Crippen molar-refractivity contribution in [2.45, 2.75) is 52.5 Å². The molecule has 1 atom stereocenters. The van der Waals surface area contributed by atoms with E-state index < -0.39 is 17.7 Å². The van der Waals surface area contributed by atoms with Crippen molar-refractivity contribution in [3.63, 3.8) is 0 Å². The number of aryl methyl sites for hydroxylation is 3. The van der Waals surface area contributed by atoms with Gasteiger partial charge in [-0.3, -0.25) is 14.5 Å². The highest BCUT2D eigenvalue weighted by Crippen LogP contribution is 2.43. The first kappa shape index (κ1) is 24.8. The maximum atomic E-state index is 13.5. The first-order chi connectivity index (χ1) is 17.9. The van der Waals surface area contributed by atoms with Gasteiger partial charge in [-0.1, -0.05) is 36.4 Å². The standard InChI is InChI=1S/C32H34N2O3/c1-4-33(5-2)25-16-18-26(19-17-25)34-29(27-13-9-6-10-21(27)3)28(31(36)32(34)37)30(35)24-15-14-22-11-7-8-12-23(22)20-24/h6,9-10,13-20,29,35H,4-5,7-8,11-12H2,1-3H3/b30-28+. The molecule has 1 amide bonds. The van der Waals surface area contributed by atoms with Crippen molar-refractivity contribution in [1.29, 1.82) is 0 Å². The lowest BCUT2D eigenvalue weighted by Crippen LogP contribution is -2.30. The van der Waals surface area contributed by atoms with E-state index in [1.54, 1.807) is 4.90 Å². The summed E-state index contributed by atoms with van der Waals surface area (Å²) in [5.41, 5.74) is 6.72. The van der Waals surface area contributed by atoms with Crippen LogP contribution in [0.5, 0.6) is 0 Å². The minimum Gasteiger partial charge on any atom is -0.507 e. The van der Waals surface area contributed by atoms with Gasteiger partial charge in [-0.25, -0.2) is 0 Å². The van der Waals surface area contributed by atoms with E-state index in [9.17, 15) is 14.7 Å². The second kappa shape index (κ2) is 10.3. The number of hydrogen-bond acceptors (Lipinski definition) is 4. The minimum atomic E-state index is -0.712. The van der Waals surface area contributed by atoms with Gasteiger partial charge in [0.05, 0.1) is 11.6 Å². The molecule has 190 valence electrons. The normalized spacial score (nSPS) is 18.7. The van der Waals surface area contributed by atoms with Gasteiger partial charge in [-0.2, -0.15) is 0 Å². The lowest BCUT2D eigenvalue weighted by molar-refractivity contribution is -0.132. The summed E-state index contributed by atoms with van der Waals surface area (Å²) in [6.45, 7) is 7.94. The number of rotatable bonds is 6. The molecule has 1 saturated heterocycles. The molecule has 37 heavy (non-hydrogen) atoms. The summed E-state index contributed by atoms with van der Waals surface area (Å²) in [4.78, 5) is 30.8. The molecule has 0 radical (unpaired) electrons. The van der Waals surface area contributed by atoms with E-state index in [2.05, 4.69) is 18.7 Å². The molecule has 0 saturated carbocycles. The van der Waals surface area contributed by atoms with Crippen molar-refractivity contribution >= 4 is 28.8 Å². The summed E-state index contributed by atoms with van der Waals surface area (Å²) in [6, 6.07) is 20.7. The number of carbonyl (C=O) groups excluding carboxylic acids is 2. The predicted molar refractivity (Wildman–Crippen MR) is 149 cm³/mol. The molecule has 1 unspecified atom stereocenters. The number of aliphatic hydroxyl groups excluding tert-OH is 1. The quantitative estimate of drug-likeness (QED) is 0.247. The van der Waals surface area contributed by atoms with Gasteiger partial charge in [0.2, 0.25) is 0 Å². The van der Waals surface area contributed by atoms with Gasteiger partial charge in [-0.05, 0) is 99.0 Å². The molecule has 3 aromatic rings. The second-order valence-corrected chi connectivity index (χ2v) is 9.90. The lowest BCUT2D eigenvalue weighted by atomic mass is 9.88. The summed E-state index contributed by atoms with van der Waals surface area (Å²) in [5.74, 6) is -1.39. The Labute approximate surface area is 219 Å². The SMILES string of the molecule is CCN(CC)c1ccc(N2C(=O)C(=O)/C(=C(/O)c3ccc4c(c3)CCCC4)C2c2ccccc2C)cc1. The van der Waals surface area contributed by atoms with Crippen molar-refractivity contribution in [2.75, 3.05) is 22.9 Å². The first-order valence-corrected chi connectivity index (χ1v) is 13.3. The Kier molecular flexibility index (Phi) is 6.88. The van der Waals surface area contributed by atoms with Crippen LogP contribution in [0.4, 0.5) is 11.4 Å². The minimum absolute atomic E-state index is 0.109. The highest BCUT2D eigenvalue weighted by Gasteiger charge is 2.47. The van der Waals surface area contributed by atoms with Gasteiger partial charge in [0.25, 0.3) is 11.7 Å². The fourth-order valence-corrected chi connectivity index (χ4v) is 5.74. The van der Waals surface area contributed by atoms with Crippen LogP contribution in [0.1, 0.15) is 60.5 Å². The molecule has 0 bridgehead atoms. The van der Waals surface area contributed by atoms with Gasteiger partial charge < -0.3 is 10.0 Å². The van der Waals surface area contributed by atoms with Crippen molar-refractivity contribution in [2.24, 2.45) is 0 Å². The van der Waals surface area contributed by atoms with Crippen molar-refractivity contribution < 1.29 is 14.7 Å². The molecule has 3 aromatic carbocycles. The Balaban J connectivity index is 1.65. The highest BCUT2D eigenvalue weighted by atomic mass is 16.3. The van der Waals surface area contributed by atoms with E-state index in [0.717, 1.165) is 49.2 Å². The third kappa shape index (κ3) is 4.43. The van der Waals surface area contributed by atoms with Crippen LogP contribution in [-0.2, 0) is 22.4 Å². The molecule has 1 heterocycles. The Morgan fingerprint density at radius 1 is 0.919 bits per heavy atom. The number of nitrogens with zero attached hydrogens (tertiary/aromatic N) is 2. The number of amides is 1. The predicted octanol–water partition coefficient (Wildman–Crippen LogP) is 6.35. The third-order valence-electron chi connectivity index (χ3n) is 7.81. The first-order valence-electron chi connectivity index (χ1n) is 13.3. The lowest BCUT2D eigenvalue weighted by Gasteiger charge is -2.28. The summed E-state index contributed by atoms with van der Waals surface area (Å²) >= 11 is 0. The smallest absolute Gasteiger partial charge is 0.300 e. The van der Waals surface area contributed by atoms with Crippen LogP contribution in [0.15, 0.2) is 72.3 Å². The maximum absolute atomic E-state index is 13.5. The number of anilines is 2. The van der Waals surface area contributed by atoms with Crippen molar-refractivity contribution in [3.05, 3.63) is 100 Å². The second-order valence-electron chi connectivity index (χ2n) is 9.90. The molecule has 5 heteroatoms. The van der Waals surface area contributed by atoms with E-state index in [4.69, 9.17) is 0 Å². The number of hydrogen-bond donors (Lipinski definition) is 1. The third-order valence-corrected chi connectivity index (χ3v) is 7.81. The van der Waals surface area contributed by atoms with Gasteiger partial charge in [0, 0.05) is 30.0 Å². The van der Waals surface area contributed by atoms with Gasteiger partial charge in [0.1, 0.15) is 5.76 Å². The molecule has 0 spiro atoms. The average molecular weight is 495 g/mol. The van der Waals surface area contributed by atoms with E-state index in [1.807, 2.05) is 73.7 Å². The molecule has 1 aliphatic heterocycles. The number of Topliss-reactive ketones (excluding diaryl/α,β-unsaturated/α-hetero) is 1. The van der Waals surface area contributed by atoms with Crippen LogP contribution in [0.2, 0.25) is 0 Å². The maximum Gasteiger partial charge on any atom is 0.300 e.